The van der Waals surface area contributed by atoms with Gasteiger partial charge in [0.25, 0.3) is 0 Å². The zero-order valence-electron chi connectivity index (χ0n) is 12.1. The van der Waals surface area contributed by atoms with Crippen molar-refractivity contribution in [2.45, 2.75) is 18.9 Å². The van der Waals surface area contributed by atoms with Crippen molar-refractivity contribution in [2.75, 3.05) is 6.54 Å². The smallest absolute Gasteiger partial charge is 0.244 e. The third kappa shape index (κ3) is 2.51. The van der Waals surface area contributed by atoms with Gasteiger partial charge < -0.3 is 9.84 Å². The molecule has 2 aromatic heterocycles. The van der Waals surface area contributed by atoms with E-state index in [0.717, 1.165) is 36.1 Å². The average Bonchev–Trinajstić information content (AvgIpc) is 3.27. The molecule has 3 aromatic rings. The molecule has 0 spiro atoms. The monoisotopic (exact) mass is 292 g/mol. The fourth-order valence-electron chi connectivity index (χ4n) is 2.75. The largest absolute Gasteiger partial charge is 0.337 e. The molecule has 5 heteroatoms. The van der Waals surface area contributed by atoms with Crippen LogP contribution in [0.3, 0.4) is 0 Å². The summed E-state index contributed by atoms with van der Waals surface area (Å²) in [4.78, 5) is 8.55. The van der Waals surface area contributed by atoms with E-state index < -0.39 is 0 Å². The summed E-state index contributed by atoms with van der Waals surface area (Å²) in [6.07, 6.45) is 5.80. The van der Waals surface area contributed by atoms with Gasteiger partial charge in [0, 0.05) is 18.0 Å². The molecular weight excluding hydrogens is 276 g/mol. The van der Waals surface area contributed by atoms with Crippen LogP contribution >= 0.6 is 0 Å². The maximum atomic E-state index is 5.39. The molecule has 0 amide bonds. The Morgan fingerprint density at radius 3 is 2.41 bits per heavy atom. The van der Waals surface area contributed by atoms with Gasteiger partial charge in [-0.25, -0.2) is 0 Å². The van der Waals surface area contributed by atoms with Crippen LogP contribution in [0, 0.1) is 0 Å². The minimum Gasteiger partial charge on any atom is -0.337 e. The average molecular weight is 292 g/mol. The molecule has 1 unspecified atom stereocenters. The first-order valence-electron chi connectivity index (χ1n) is 7.48. The fourth-order valence-corrected chi connectivity index (χ4v) is 2.75. The van der Waals surface area contributed by atoms with Crippen LogP contribution in [0.2, 0.25) is 0 Å². The molecule has 1 aromatic carbocycles. The second kappa shape index (κ2) is 5.69. The zero-order valence-corrected chi connectivity index (χ0v) is 12.1. The molecule has 1 N–H and O–H groups in total. The van der Waals surface area contributed by atoms with Gasteiger partial charge in [-0.3, -0.25) is 4.98 Å². The summed E-state index contributed by atoms with van der Waals surface area (Å²) in [7, 11) is 0. The topological polar surface area (TPSA) is 63.8 Å². The number of hydrogen-bond acceptors (Lipinski definition) is 5. The zero-order chi connectivity index (χ0) is 14.8. The van der Waals surface area contributed by atoms with Gasteiger partial charge >= 0.3 is 0 Å². The molecule has 110 valence electrons. The number of hydrogen-bond donors (Lipinski definition) is 1. The molecule has 1 atom stereocenters. The minimum atomic E-state index is 0.206. The Balaban J connectivity index is 1.58. The fraction of sp³-hybridized carbons (Fsp3) is 0.235. The normalized spacial score (nSPS) is 17.7. The quantitative estimate of drug-likeness (QED) is 0.803. The van der Waals surface area contributed by atoms with Gasteiger partial charge in [0.1, 0.15) is 0 Å². The van der Waals surface area contributed by atoms with Gasteiger partial charge in [0.2, 0.25) is 11.7 Å². The van der Waals surface area contributed by atoms with E-state index in [1.165, 1.54) is 0 Å². The van der Waals surface area contributed by atoms with Crippen molar-refractivity contribution in [3.8, 4) is 22.5 Å². The number of nitrogens with one attached hydrogen (secondary N) is 1. The van der Waals surface area contributed by atoms with Gasteiger partial charge in [-0.05, 0) is 42.6 Å². The van der Waals surface area contributed by atoms with Gasteiger partial charge in [0.05, 0.1) is 6.04 Å². The highest BCUT2D eigenvalue weighted by molar-refractivity contribution is 5.67. The Labute approximate surface area is 128 Å². The summed E-state index contributed by atoms with van der Waals surface area (Å²) >= 11 is 0. The molecule has 1 fully saturated rings. The first kappa shape index (κ1) is 13.2. The summed E-state index contributed by atoms with van der Waals surface area (Å²) in [5.74, 6) is 1.33. The van der Waals surface area contributed by atoms with E-state index in [1.807, 2.05) is 24.3 Å². The van der Waals surface area contributed by atoms with Crippen LogP contribution in [-0.4, -0.2) is 21.7 Å². The second-order valence-corrected chi connectivity index (χ2v) is 5.42. The summed E-state index contributed by atoms with van der Waals surface area (Å²) < 4.78 is 5.39. The summed E-state index contributed by atoms with van der Waals surface area (Å²) in [5.41, 5.74) is 3.25. The van der Waals surface area contributed by atoms with Crippen LogP contribution < -0.4 is 5.32 Å². The van der Waals surface area contributed by atoms with Crippen LogP contribution in [-0.2, 0) is 0 Å². The maximum absolute atomic E-state index is 5.39. The number of benzene rings is 1. The Morgan fingerprint density at radius 1 is 0.955 bits per heavy atom. The highest BCUT2D eigenvalue weighted by Gasteiger charge is 2.22. The number of pyridine rings is 1. The van der Waals surface area contributed by atoms with Crippen molar-refractivity contribution in [3.05, 3.63) is 54.7 Å². The first-order chi connectivity index (χ1) is 10.9. The molecular formula is C17H16N4O. The van der Waals surface area contributed by atoms with E-state index in [0.29, 0.717) is 11.7 Å². The standard InChI is InChI=1S/C17H16N4O/c1-2-15(19-9-1)17-20-16(21-22-17)14-5-3-12(4-6-14)13-7-10-18-11-8-13/h3-8,10-11,15,19H,1-2,9H2. The molecule has 0 bridgehead atoms. The van der Waals surface area contributed by atoms with Crippen LogP contribution in [0.1, 0.15) is 24.8 Å². The predicted octanol–water partition coefficient (Wildman–Crippen LogP) is 3.22. The predicted molar refractivity (Wildman–Crippen MR) is 82.9 cm³/mol. The molecule has 5 nitrogen and oxygen atoms in total. The summed E-state index contributed by atoms with van der Waals surface area (Å²) in [6.45, 7) is 1.02. The Morgan fingerprint density at radius 2 is 1.68 bits per heavy atom. The third-order valence-electron chi connectivity index (χ3n) is 3.96. The van der Waals surface area contributed by atoms with Crippen LogP contribution in [0.15, 0.2) is 53.3 Å². The van der Waals surface area contributed by atoms with Gasteiger partial charge in [-0.2, -0.15) is 4.98 Å². The van der Waals surface area contributed by atoms with Crippen molar-refractivity contribution in [2.24, 2.45) is 0 Å². The molecule has 3 heterocycles. The van der Waals surface area contributed by atoms with Crippen molar-refractivity contribution in [3.63, 3.8) is 0 Å². The SMILES string of the molecule is c1cc(-c2ccc(-c3noc(C4CCCN4)n3)cc2)ccn1. The Kier molecular flexibility index (Phi) is 3.40. The number of nitrogens with zero attached hydrogens (tertiary/aromatic N) is 3. The molecule has 4 rings (SSSR count). The molecule has 1 saturated heterocycles. The second-order valence-electron chi connectivity index (χ2n) is 5.42. The van der Waals surface area contributed by atoms with Gasteiger partial charge in [0.15, 0.2) is 0 Å². The highest BCUT2D eigenvalue weighted by atomic mass is 16.5. The first-order valence-corrected chi connectivity index (χ1v) is 7.48. The molecule has 1 aliphatic heterocycles. The van der Waals surface area contributed by atoms with E-state index in [1.54, 1.807) is 12.4 Å². The maximum Gasteiger partial charge on any atom is 0.244 e. The lowest BCUT2D eigenvalue weighted by Crippen LogP contribution is -2.12. The van der Waals surface area contributed by atoms with Crippen molar-refractivity contribution >= 4 is 0 Å². The number of aromatic nitrogens is 3. The lowest BCUT2D eigenvalue weighted by atomic mass is 10.1. The van der Waals surface area contributed by atoms with E-state index in [2.05, 4.69) is 32.6 Å². The molecule has 0 radical (unpaired) electrons. The van der Waals surface area contributed by atoms with E-state index in [9.17, 15) is 0 Å². The van der Waals surface area contributed by atoms with E-state index in [4.69, 9.17) is 4.52 Å². The summed E-state index contributed by atoms with van der Waals surface area (Å²) in [6, 6.07) is 12.4. The van der Waals surface area contributed by atoms with Crippen LogP contribution in [0.25, 0.3) is 22.5 Å². The van der Waals surface area contributed by atoms with E-state index in [-0.39, 0.29) is 6.04 Å². The summed E-state index contributed by atoms with van der Waals surface area (Å²) in [5, 5.41) is 7.46. The van der Waals surface area contributed by atoms with Crippen molar-refractivity contribution < 1.29 is 4.52 Å². The van der Waals surface area contributed by atoms with Gasteiger partial charge in [-0.15, -0.1) is 0 Å². The van der Waals surface area contributed by atoms with E-state index >= 15 is 0 Å². The van der Waals surface area contributed by atoms with Crippen LogP contribution in [0.5, 0.6) is 0 Å². The van der Waals surface area contributed by atoms with Crippen molar-refractivity contribution in [1.29, 1.82) is 0 Å². The molecule has 0 saturated carbocycles. The lowest BCUT2D eigenvalue weighted by Gasteiger charge is -2.02. The molecule has 0 aliphatic carbocycles. The van der Waals surface area contributed by atoms with Crippen molar-refractivity contribution in [1.82, 2.24) is 20.4 Å². The third-order valence-corrected chi connectivity index (χ3v) is 3.96. The van der Waals surface area contributed by atoms with Crippen LogP contribution in [0.4, 0.5) is 0 Å². The molecule has 22 heavy (non-hydrogen) atoms. The van der Waals surface area contributed by atoms with Gasteiger partial charge in [-0.1, -0.05) is 29.4 Å². The Bertz CT molecular complexity index is 746. The molecule has 1 aliphatic rings. The highest BCUT2D eigenvalue weighted by Crippen LogP contribution is 2.26. The number of rotatable bonds is 3. The lowest BCUT2D eigenvalue weighted by molar-refractivity contribution is 0.345. The minimum absolute atomic E-state index is 0.206. The Hall–Kier alpha value is -2.53.